The molecule has 3 nitrogen and oxygen atoms in total. The van der Waals surface area contributed by atoms with E-state index in [9.17, 15) is 0 Å². The second-order valence-electron chi connectivity index (χ2n) is 3.36. The van der Waals surface area contributed by atoms with Crippen LogP contribution in [0.4, 0.5) is 11.5 Å². The summed E-state index contributed by atoms with van der Waals surface area (Å²) in [4.78, 5) is 8.62. The van der Waals surface area contributed by atoms with Gasteiger partial charge in [-0.2, -0.15) is 0 Å². The van der Waals surface area contributed by atoms with Crippen molar-refractivity contribution in [1.82, 2.24) is 4.98 Å². The second-order valence-corrected chi connectivity index (χ2v) is 3.36. The highest BCUT2D eigenvalue weighted by Gasteiger charge is 2.11. The highest BCUT2D eigenvalue weighted by molar-refractivity contribution is 6.11. The zero-order chi connectivity index (χ0) is 9.54. The first-order valence-electron chi connectivity index (χ1n) is 4.55. The van der Waals surface area contributed by atoms with Crippen molar-refractivity contribution in [3.8, 4) is 0 Å². The quantitative estimate of drug-likeness (QED) is 0.681. The molecule has 0 radical (unpaired) electrons. The Hall–Kier alpha value is -1.90. The predicted molar refractivity (Wildman–Crippen MR) is 58.1 cm³/mol. The van der Waals surface area contributed by atoms with Crippen LogP contribution in [0.1, 0.15) is 6.92 Å². The van der Waals surface area contributed by atoms with Crippen LogP contribution in [0.5, 0.6) is 0 Å². The summed E-state index contributed by atoms with van der Waals surface area (Å²) in [5.41, 5.74) is 1.10. The monoisotopic (exact) mass is 183 g/mol. The molecule has 0 aliphatic carbocycles. The average Bonchev–Trinajstić information content (AvgIpc) is 2.18. The fraction of sp³-hybridized carbons (Fsp3) is 0.0909. The fourth-order valence-electron chi connectivity index (χ4n) is 1.78. The Morgan fingerprint density at radius 3 is 3.07 bits per heavy atom. The summed E-state index contributed by atoms with van der Waals surface area (Å²) in [7, 11) is 0. The first-order chi connectivity index (χ1) is 6.84. The van der Waals surface area contributed by atoms with E-state index in [-0.39, 0.29) is 0 Å². The van der Waals surface area contributed by atoms with E-state index in [1.165, 1.54) is 5.39 Å². The molecule has 1 N–H and O–H groups in total. The third-order valence-electron chi connectivity index (χ3n) is 2.36. The van der Waals surface area contributed by atoms with Gasteiger partial charge in [-0.05, 0) is 24.4 Å². The SMILES string of the molecule is CC1=Nc2nccc3cccc(c23)N1. The molecule has 1 aliphatic heterocycles. The van der Waals surface area contributed by atoms with Gasteiger partial charge >= 0.3 is 0 Å². The van der Waals surface area contributed by atoms with Crippen LogP contribution in [0.3, 0.4) is 0 Å². The van der Waals surface area contributed by atoms with Crippen LogP contribution in [0.2, 0.25) is 0 Å². The first kappa shape index (κ1) is 7.50. The minimum Gasteiger partial charge on any atom is -0.343 e. The van der Waals surface area contributed by atoms with E-state index in [1.807, 2.05) is 25.1 Å². The van der Waals surface area contributed by atoms with E-state index in [1.54, 1.807) is 6.20 Å². The molecule has 3 rings (SSSR count). The van der Waals surface area contributed by atoms with Crippen molar-refractivity contribution in [2.75, 3.05) is 5.32 Å². The molecule has 68 valence electrons. The maximum atomic E-state index is 4.36. The van der Waals surface area contributed by atoms with Gasteiger partial charge in [0.25, 0.3) is 0 Å². The number of rotatable bonds is 0. The molecule has 14 heavy (non-hydrogen) atoms. The third-order valence-corrected chi connectivity index (χ3v) is 2.36. The number of hydrogen-bond acceptors (Lipinski definition) is 3. The molecule has 0 fully saturated rings. The summed E-state index contributed by atoms with van der Waals surface area (Å²) in [6.07, 6.45) is 1.80. The summed E-state index contributed by atoms with van der Waals surface area (Å²) in [6.45, 7) is 1.94. The molecular weight excluding hydrogens is 174 g/mol. The largest absolute Gasteiger partial charge is 0.343 e. The molecule has 0 spiro atoms. The van der Waals surface area contributed by atoms with Crippen LogP contribution in [0, 0.1) is 0 Å². The van der Waals surface area contributed by atoms with Gasteiger partial charge in [0.05, 0.1) is 11.1 Å². The number of nitrogens with one attached hydrogen (secondary N) is 1. The molecule has 1 aliphatic rings. The fourth-order valence-corrected chi connectivity index (χ4v) is 1.78. The van der Waals surface area contributed by atoms with Crippen molar-refractivity contribution >= 4 is 28.1 Å². The lowest BCUT2D eigenvalue weighted by molar-refractivity contribution is 1.28. The number of pyridine rings is 1. The number of anilines is 1. The Kier molecular flexibility index (Phi) is 1.36. The Labute approximate surface area is 81.5 Å². The summed E-state index contributed by atoms with van der Waals surface area (Å²) >= 11 is 0. The van der Waals surface area contributed by atoms with Gasteiger partial charge in [-0.1, -0.05) is 12.1 Å². The Morgan fingerprint density at radius 2 is 2.14 bits per heavy atom. The minimum absolute atomic E-state index is 0.814. The van der Waals surface area contributed by atoms with Gasteiger partial charge in [0.2, 0.25) is 0 Å². The van der Waals surface area contributed by atoms with E-state index in [2.05, 4.69) is 21.4 Å². The Morgan fingerprint density at radius 1 is 1.21 bits per heavy atom. The standard InChI is InChI=1S/C11H9N3/c1-7-13-9-4-2-3-8-5-6-12-11(14-7)10(8)9/h2-6H,1H3,(H,12,13,14). The van der Waals surface area contributed by atoms with Crippen molar-refractivity contribution < 1.29 is 0 Å². The second kappa shape index (κ2) is 2.54. The molecule has 0 saturated carbocycles. The number of aliphatic imine (C=N–C) groups is 1. The number of aromatic nitrogens is 1. The van der Waals surface area contributed by atoms with Crippen molar-refractivity contribution in [3.63, 3.8) is 0 Å². The molecule has 1 aromatic heterocycles. The zero-order valence-corrected chi connectivity index (χ0v) is 7.78. The summed E-state index contributed by atoms with van der Waals surface area (Å²) in [5.74, 6) is 1.71. The normalized spacial score (nSPS) is 13.6. The molecule has 0 atom stereocenters. The first-order valence-corrected chi connectivity index (χ1v) is 4.55. The van der Waals surface area contributed by atoms with Crippen LogP contribution < -0.4 is 5.32 Å². The topological polar surface area (TPSA) is 37.3 Å². The molecule has 2 heterocycles. The van der Waals surface area contributed by atoms with E-state index in [0.717, 1.165) is 22.7 Å². The van der Waals surface area contributed by atoms with Crippen molar-refractivity contribution in [1.29, 1.82) is 0 Å². The van der Waals surface area contributed by atoms with Gasteiger partial charge in [-0.15, -0.1) is 0 Å². The highest BCUT2D eigenvalue weighted by atomic mass is 15.1. The smallest absolute Gasteiger partial charge is 0.163 e. The van der Waals surface area contributed by atoms with E-state index in [0.29, 0.717) is 0 Å². The molecule has 0 saturated heterocycles. The highest BCUT2D eigenvalue weighted by Crippen LogP contribution is 2.33. The van der Waals surface area contributed by atoms with E-state index < -0.39 is 0 Å². The van der Waals surface area contributed by atoms with Crippen LogP contribution in [0.25, 0.3) is 10.8 Å². The number of hydrogen-bond donors (Lipinski definition) is 1. The summed E-state index contributed by atoms with van der Waals surface area (Å²) < 4.78 is 0. The average molecular weight is 183 g/mol. The van der Waals surface area contributed by atoms with Crippen molar-refractivity contribution in [3.05, 3.63) is 30.5 Å². The van der Waals surface area contributed by atoms with E-state index in [4.69, 9.17) is 0 Å². The summed E-state index contributed by atoms with van der Waals surface area (Å²) in [6, 6.07) is 8.15. The summed E-state index contributed by atoms with van der Waals surface area (Å²) in [5, 5.41) is 5.52. The Bertz CT molecular complexity index is 538. The van der Waals surface area contributed by atoms with Crippen LogP contribution in [0.15, 0.2) is 35.5 Å². The number of nitrogens with zero attached hydrogens (tertiary/aromatic N) is 2. The lowest BCUT2D eigenvalue weighted by atomic mass is 10.1. The van der Waals surface area contributed by atoms with Gasteiger partial charge in [-0.3, -0.25) is 0 Å². The molecular formula is C11H9N3. The molecule has 0 bridgehead atoms. The molecule has 2 aromatic rings. The zero-order valence-electron chi connectivity index (χ0n) is 7.78. The van der Waals surface area contributed by atoms with Gasteiger partial charge < -0.3 is 5.32 Å². The van der Waals surface area contributed by atoms with Crippen LogP contribution >= 0.6 is 0 Å². The van der Waals surface area contributed by atoms with Crippen LogP contribution in [-0.2, 0) is 0 Å². The third kappa shape index (κ3) is 0.923. The molecule has 3 heteroatoms. The Balaban J connectivity index is 2.50. The van der Waals surface area contributed by atoms with Crippen LogP contribution in [-0.4, -0.2) is 10.8 Å². The number of benzene rings is 1. The maximum absolute atomic E-state index is 4.36. The predicted octanol–water partition coefficient (Wildman–Crippen LogP) is 2.71. The van der Waals surface area contributed by atoms with E-state index >= 15 is 0 Å². The van der Waals surface area contributed by atoms with Gasteiger partial charge in [0, 0.05) is 6.20 Å². The molecule has 0 amide bonds. The lowest BCUT2D eigenvalue weighted by Crippen LogP contribution is -2.10. The van der Waals surface area contributed by atoms with Gasteiger partial charge in [0.15, 0.2) is 5.82 Å². The van der Waals surface area contributed by atoms with Crippen molar-refractivity contribution in [2.24, 2.45) is 4.99 Å². The number of amidine groups is 1. The minimum atomic E-state index is 0.814. The van der Waals surface area contributed by atoms with Gasteiger partial charge in [0.1, 0.15) is 5.84 Å². The molecule has 1 aromatic carbocycles. The maximum Gasteiger partial charge on any atom is 0.163 e. The molecule has 0 unspecified atom stereocenters. The van der Waals surface area contributed by atoms with Gasteiger partial charge in [-0.25, -0.2) is 9.98 Å². The van der Waals surface area contributed by atoms with Crippen molar-refractivity contribution in [2.45, 2.75) is 6.92 Å². The lowest BCUT2D eigenvalue weighted by Gasteiger charge is -2.15.